The highest BCUT2D eigenvalue weighted by atomic mass is 16.6. The maximum absolute atomic E-state index is 5.69. The Balaban J connectivity index is 1.81. The summed E-state index contributed by atoms with van der Waals surface area (Å²) in [5.74, 6) is 1.75. The van der Waals surface area contributed by atoms with Crippen molar-refractivity contribution in [3.8, 4) is 11.5 Å². The quantitative estimate of drug-likeness (QED) is 0.919. The Morgan fingerprint density at radius 2 is 1.90 bits per heavy atom. The molecule has 0 atom stereocenters. The average Bonchev–Trinajstić information content (AvgIpc) is 2.54. The summed E-state index contributed by atoms with van der Waals surface area (Å²) in [5.41, 5.74) is 1.48. The van der Waals surface area contributed by atoms with Crippen molar-refractivity contribution in [3.63, 3.8) is 0 Å². The number of ether oxygens (including phenoxy) is 2. The molecule has 0 spiro atoms. The van der Waals surface area contributed by atoms with Crippen LogP contribution in [0.4, 0.5) is 5.69 Å². The molecule has 3 rings (SSSR count). The fourth-order valence-electron chi connectivity index (χ4n) is 3.13. The number of rotatable bonds is 3. The van der Waals surface area contributed by atoms with Gasteiger partial charge in [0.25, 0.3) is 0 Å². The third-order valence-electron chi connectivity index (χ3n) is 4.62. The molecule has 0 bridgehead atoms. The third-order valence-corrected chi connectivity index (χ3v) is 4.62. The fourth-order valence-corrected chi connectivity index (χ4v) is 3.13. The number of nitrogens with zero attached hydrogens (tertiary/aromatic N) is 1. The van der Waals surface area contributed by atoms with Crippen LogP contribution >= 0.6 is 0 Å². The molecule has 20 heavy (non-hydrogen) atoms. The molecule has 0 radical (unpaired) electrons. The second-order valence-electron chi connectivity index (χ2n) is 5.66. The van der Waals surface area contributed by atoms with Crippen LogP contribution in [0.2, 0.25) is 0 Å². The van der Waals surface area contributed by atoms with E-state index in [-0.39, 0.29) is 5.54 Å². The molecule has 4 nitrogen and oxygen atoms in total. The zero-order chi connectivity index (χ0) is 14.0. The first-order valence-corrected chi connectivity index (χ1v) is 7.66. The lowest BCUT2D eigenvalue weighted by Crippen LogP contribution is -2.60. The lowest BCUT2D eigenvalue weighted by molar-refractivity contribution is 0.171. The summed E-state index contributed by atoms with van der Waals surface area (Å²) in [6.07, 6.45) is 2.31. The minimum atomic E-state index is 0.242. The van der Waals surface area contributed by atoms with Crippen LogP contribution in [0.5, 0.6) is 11.5 Å². The summed E-state index contributed by atoms with van der Waals surface area (Å²) in [6.45, 7) is 8.96. The first-order valence-electron chi connectivity index (χ1n) is 7.66. The van der Waals surface area contributed by atoms with E-state index in [4.69, 9.17) is 9.47 Å². The number of hydrogen-bond donors (Lipinski definition) is 1. The predicted octanol–water partition coefficient (Wildman–Crippen LogP) is 2.43. The molecule has 1 N–H and O–H groups in total. The lowest BCUT2D eigenvalue weighted by Gasteiger charge is -2.44. The molecular weight excluding hydrogens is 252 g/mol. The van der Waals surface area contributed by atoms with Gasteiger partial charge in [-0.25, -0.2) is 0 Å². The number of hydrogen-bond acceptors (Lipinski definition) is 4. The maximum Gasteiger partial charge on any atom is 0.163 e. The Hall–Kier alpha value is -1.42. The standard InChI is InChI=1S/C16H24N2O2/c1-3-16(4-2)12-18(8-7-17-16)13-5-6-14-15(11-13)20-10-9-19-14/h5-6,11,17H,3-4,7-10,12H2,1-2H3. The molecule has 2 heterocycles. The van der Waals surface area contributed by atoms with E-state index in [1.54, 1.807) is 0 Å². The molecule has 2 aliphatic heterocycles. The van der Waals surface area contributed by atoms with Gasteiger partial charge in [-0.05, 0) is 25.0 Å². The molecule has 0 aliphatic carbocycles. The number of piperazine rings is 1. The fraction of sp³-hybridized carbons (Fsp3) is 0.625. The van der Waals surface area contributed by atoms with Crippen molar-refractivity contribution in [2.24, 2.45) is 0 Å². The summed E-state index contributed by atoms with van der Waals surface area (Å²) in [7, 11) is 0. The molecule has 1 aromatic carbocycles. The first kappa shape index (κ1) is 13.6. The summed E-state index contributed by atoms with van der Waals surface area (Å²) in [6, 6.07) is 6.30. The van der Waals surface area contributed by atoms with Crippen LogP contribution in [-0.2, 0) is 0 Å². The Kier molecular flexibility index (Phi) is 3.74. The summed E-state index contributed by atoms with van der Waals surface area (Å²) in [5, 5.41) is 3.70. The molecule has 0 aromatic heterocycles. The van der Waals surface area contributed by atoms with E-state index in [9.17, 15) is 0 Å². The molecule has 1 aromatic rings. The highest BCUT2D eigenvalue weighted by molar-refractivity contribution is 5.57. The minimum Gasteiger partial charge on any atom is -0.486 e. The summed E-state index contributed by atoms with van der Waals surface area (Å²) < 4.78 is 11.3. The number of nitrogens with one attached hydrogen (secondary N) is 1. The van der Waals surface area contributed by atoms with Gasteiger partial charge in [-0.15, -0.1) is 0 Å². The van der Waals surface area contributed by atoms with Crippen LogP contribution in [-0.4, -0.2) is 38.4 Å². The van der Waals surface area contributed by atoms with Gasteiger partial charge in [-0.3, -0.25) is 0 Å². The molecule has 110 valence electrons. The number of benzene rings is 1. The van der Waals surface area contributed by atoms with E-state index in [0.29, 0.717) is 13.2 Å². The van der Waals surface area contributed by atoms with Gasteiger partial charge in [0.05, 0.1) is 0 Å². The zero-order valence-corrected chi connectivity index (χ0v) is 12.4. The van der Waals surface area contributed by atoms with Gasteiger partial charge in [-0.2, -0.15) is 0 Å². The average molecular weight is 276 g/mol. The highest BCUT2D eigenvalue weighted by Gasteiger charge is 2.32. The van der Waals surface area contributed by atoms with E-state index in [2.05, 4.69) is 36.2 Å². The van der Waals surface area contributed by atoms with Crippen molar-refractivity contribution >= 4 is 5.69 Å². The zero-order valence-electron chi connectivity index (χ0n) is 12.4. The van der Waals surface area contributed by atoms with Gasteiger partial charge in [0.1, 0.15) is 13.2 Å². The number of fused-ring (bicyclic) bond motifs is 1. The summed E-state index contributed by atoms with van der Waals surface area (Å²) >= 11 is 0. The van der Waals surface area contributed by atoms with Crippen molar-refractivity contribution in [2.45, 2.75) is 32.2 Å². The second kappa shape index (κ2) is 5.52. The van der Waals surface area contributed by atoms with Gasteiger partial charge in [0, 0.05) is 36.9 Å². The molecule has 0 saturated carbocycles. The van der Waals surface area contributed by atoms with E-state index < -0.39 is 0 Å². The van der Waals surface area contributed by atoms with E-state index in [0.717, 1.165) is 44.0 Å². The smallest absolute Gasteiger partial charge is 0.163 e. The maximum atomic E-state index is 5.69. The second-order valence-corrected chi connectivity index (χ2v) is 5.66. The molecule has 1 fully saturated rings. The predicted molar refractivity (Wildman–Crippen MR) is 81.0 cm³/mol. The summed E-state index contributed by atoms with van der Waals surface area (Å²) in [4.78, 5) is 2.46. The van der Waals surface area contributed by atoms with E-state index >= 15 is 0 Å². The van der Waals surface area contributed by atoms with Crippen LogP contribution in [0.1, 0.15) is 26.7 Å². The van der Waals surface area contributed by atoms with Gasteiger partial charge in [0.2, 0.25) is 0 Å². The van der Waals surface area contributed by atoms with Crippen molar-refractivity contribution in [1.29, 1.82) is 0 Å². The molecule has 0 amide bonds. The Morgan fingerprint density at radius 3 is 2.65 bits per heavy atom. The van der Waals surface area contributed by atoms with Crippen LogP contribution in [0.15, 0.2) is 18.2 Å². The van der Waals surface area contributed by atoms with Gasteiger partial charge >= 0.3 is 0 Å². The van der Waals surface area contributed by atoms with Crippen molar-refractivity contribution in [1.82, 2.24) is 5.32 Å². The topological polar surface area (TPSA) is 33.7 Å². The van der Waals surface area contributed by atoms with Gasteiger partial charge in [0.15, 0.2) is 11.5 Å². The molecule has 0 unspecified atom stereocenters. The Morgan fingerprint density at radius 1 is 1.15 bits per heavy atom. The molecular formula is C16H24N2O2. The van der Waals surface area contributed by atoms with Crippen LogP contribution < -0.4 is 19.7 Å². The minimum absolute atomic E-state index is 0.242. The Bertz CT molecular complexity index is 472. The molecule has 1 saturated heterocycles. The Labute approximate surface area is 121 Å². The van der Waals surface area contributed by atoms with Crippen LogP contribution in [0.3, 0.4) is 0 Å². The van der Waals surface area contributed by atoms with Crippen LogP contribution in [0.25, 0.3) is 0 Å². The largest absolute Gasteiger partial charge is 0.486 e. The molecule has 4 heteroatoms. The van der Waals surface area contributed by atoms with Gasteiger partial charge < -0.3 is 19.7 Å². The van der Waals surface area contributed by atoms with Gasteiger partial charge in [-0.1, -0.05) is 13.8 Å². The highest BCUT2D eigenvalue weighted by Crippen LogP contribution is 2.35. The lowest BCUT2D eigenvalue weighted by atomic mass is 9.90. The van der Waals surface area contributed by atoms with E-state index in [1.165, 1.54) is 5.69 Å². The van der Waals surface area contributed by atoms with Crippen molar-refractivity contribution in [2.75, 3.05) is 37.7 Å². The van der Waals surface area contributed by atoms with E-state index in [1.807, 2.05) is 6.07 Å². The SMILES string of the molecule is CCC1(CC)CN(c2ccc3c(c2)OCCO3)CCN1. The molecule has 2 aliphatic rings. The monoisotopic (exact) mass is 276 g/mol. The first-order chi connectivity index (χ1) is 9.76. The third kappa shape index (κ3) is 2.44. The normalized spacial score (nSPS) is 20.8. The number of anilines is 1. The van der Waals surface area contributed by atoms with Crippen LogP contribution in [0, 0.1) is 0 Å². The van der Waals surface area contributed by atoms with Crippen molar-refractivity contribution in [3.05, 3.63) is 18.2 Å². The van der Waals surface area contributed by atoms with Crippen molar-refractivity contribution < 1.29 is 9.47 Å².